The number of nitrogens with one attached hydrogen (secondary N) is 2. The first-order valence-electron chi connectivity index (χ1n) is 8.02. The molecular formula is C19H22N2O4S. The Kier molecular flexibility index (Phi) is 7.08. The Balaban J connectivity index is 2.03. The minimum atomic E-state index is -3.60. The molecule has 0 aliphatic carbocycles. The van der Waals surface area contributed by atoms with Crippen LogP contribution in [0.1, 0.15) is 21.5 Å². The van der Waals surface area contributed by atoms with E-state index in [0.717, 1.165) is 11.1 Å². The van der Waals surface area contributed by atoms with E-state index in [1.54, 1.807) is 7.11 Å². The van der Waals surface area contributed by atoms with Crippen LogP contribution in [0.2, 0.25) is 0 Å². The molecule has 0 heterocycles. The van der Waals surface area contributed by atoms with Crippen molar-refractivity contribution in [3.63, 3.8) is 0 Å². The monoisotopic (exact) mass is 374 g/mol. The van der Waals surface area contributed by atoms with Gasteiger partial charge in [0.05, 0.1) is 11.5 Å². The molecule has 1 amide bonds. The molecule has 138 valence electrons. The number of carbonyl (C=O) groups is 1. The number of ether oxygens (including phenoxy) is 1. The van der Waals surface area contributed by atoms with E-state index in [4.69, 9.17) is 4.74 Å². The molecule has 26 heavy (non-hydrogen) atoms. The van der Waals surface area contributed by atoms with Gasteiger partial charge in [-0.1, -0.05) is 30.3 Å². The molecule has 0 aliphatic heterocycles. The van der Waals surface area contributed by atoms with Crippen LogP contribution >= 0.6 is 0 Å². The van der Waals surface area contributed by atoms with Gasteiger partial charge in [-0.05, 0) is 35.4 Å². The Bertz CT molecular complexity index is 861. The van der Waals surface area contributed by atoms with Gasteiger partial charge in [0.15, 0.2) is 0 Å². The lowest BCUT2D eigenvalue weighted by Crippen LogP contribution is -2.25. The Morgan fingerprint density at radius 2 is 1.77 bits per heavy atom. The van der Waals surface area contributed by atoms with Crippen molar-refractivity contribution in [2.24, 2.45) is 0 Å². The minimum Gasteiger partial charge on any atom is -0.380 e. The van der Waals surface area contributed by atoms with Crippen LogP contribution < -0.4 is 10.0 Å². The first-order chi connectivity index (χ1) is 12.5. The molecule has 0 atom stereocenters. The lowest BCUT2D eigenvalue weighted by molar-refractivity contribution is 0.0950. The number of hydrogen-bond donors (Lipinski definition) is 2. The third kappa shape index (κ3) is 5.26. The van der Waals surface area contributed by atoms with Gasteiger partial charge in [-0.25, -0.2) is 13.1 Å². The lowest BCUT2D eigenvalue weighted by atomic mass is 10.1. The second kappa shape index (κ2) is 9.28. The van der Waals surface area contributed by atoms with Crippen LogP contribution in [-0.4, -0.2) is 28.0 Å². The summed E-state index contributed by atoms with van der Waals surface area (Å²) in [5.41, 5.74) is 2.36. The van der Waals surface area contributed by atoms with Gasteiger partial charge in [0.25, 0.3) is 5.91 Å². The van der Waals surface area contributed by atoms with Gasteiger partial charge in [-0.3, -0.25) is 4.79 Å². The van der Waals surface area contributed by atoms with Gasteiger partial charge in [0.2, 0.25) is 10.0 Å². The zero-order chi connectivity index (χ0) is 19.0. The summed E-state index contributed by atoms with van der Waals surface area (Å²) in [6, 6.07) is 13.5. The van der Waals surface area contributed by atoms with Crippen LogP contribution in [0.25, 0.3) is 0 Å². The average molecular weight is 374 g/mol. The highest BCUT2D eigenvalue weighted by Crippen LogP contribution is 2.12. The van der Waals surface area contributed by atoms with Crippen molar-refractivity contribution in [1.29, 1.82) is 0 Å². The molecule has 2 rings (SSSR count). The molecule has 0 aliphatic rings. The van der Waals surface area contributed by atoms with Crippen molar-refractivity contribution in [3.8, 4) is 0 Å². The van der Waals surface area contributed by atoms with Gasteiger partial charge in [0, 0.05) is 25.8 Å². The van der Waals surface area contributed by atoms with Crippen LogP contribution in [-0.2, 0) is 27.9 Å². The Morgan fingerprint density at radius 3 is 2.38 bits per heavy atom. The largest absolute Gasteiger partial charge is 0.380 e. The standard InChI is InChI=1S/C19H22N2O4S/c1-3-12-21-26(23,24)18-10-8-15(9-11-18)19(22)20-13-16-6-4-5-7-17(16)14-25-2/h3-11,21H,1,12-14H2,2H3,(H,20,22). The zero-order valence-electron chi connectivity index (χ0n) is 14.6. The summed E-state index contributed by atoms with van der Waals surface area (Å²) in [7, 11) is -1.98. The molecule has 0 fully saturated rings. The quantitative estimate of drug-likeness (QED) is 0.659. The maximum absolute atomic E-state index is 12.3. The maximum atomic E-state index is 12.3. The summed E-state index contributed by atoms with van der Waals surface area (Å²) >= 11 is 0. The van der Waals surface area contributed by atoms with E-state index in [0.29, 0.717) is 18.7 Å². The molecular weight excluding hydrogens is 352 g/mol. The summed E-state index contributed by atoms with van der Waals surface area (Å²) in [6.07, 6.45) is 1.46. The number of benzene rings is 2. The molecule has 0 saturated carbocycles. The fourth-order valence-corrected chi connectivity index (χ4v) is 3.34. The Hall–Kier alpha value is -2.48. The smallest absolute Gasteiger partial charge is 0.251 e. The Morgan fingerprint density at radius 1 is 1.12 bits per heavy atom. The van der Waals surface area contributed by atoms with E-state index >= 15 is 0 Å². The van der Waals surface area contributed by atoms with Gasteiger partial charge >= 0.3 is 0 Å². The fourth-order valence-electron chi connectivity index (χ4n) is 2.34. The van der Waals surface area contributed by atoms with Gasteiger partial charge in [0.1, 0.15) is 0 Å². The highest BCUT2D eigenvalue weighted by Gasteiger charge is 2.14. The predicted molar refractivity (Wildman–Crippen MR) is 100 cm³/mol. The van der Waals surface area contributed by atoms with Gasteiger partial charge in [-0.15, -0.1) is 6.58 Å². The number of sulfonamides is 1. The van der Waals surface area contributed by atoms with Crippen LogP contribution in [0.3, 0.4) is 0 Å². The summed E-state index contributed by atoms with van der Waals surface area (Å²) in [5.74, 6) is -0.278. The second-order valence-corrected chi connectivity index (χ2v) is 7.32. The summed E-state index contributed by atoms with van der Waals surface area (Å²) in [6.45, 7) is 4.44. The average Bonchev–Trinajstić information content (AvgIpc) is 2.66. The molecule has 2 aromatic carbocycles. The SMILES string of the molecule is C=CCNS(=O)(=O)c1ccc(C(=O)NCc2ccccc2COC)cc1. The summed E-state index contributed by atoms with van der Waals surface area (Å²) in [5, 5.41) is 2.83. The highest BCUT2D eigenvalue weighted by molar-refractivity contribution is 7.89. The highest BCUT2D eigenvalue weighted by atomic mass is 32.2. The first-order valence-corrected chi connectivity index (χ1v) is 9.51. The summed E-state index contributed by atoms with van der Waals surface area (Å²) in [4.78, 5) is 12.4. The molecule has 0 saturated heterocycles. The van der Waals surface area contributed by atoms with Gasteiger partial charge < -0.3 is 10.1 Å². The first kappa shape index (κ1) is 19.8. The van der Waals surface area contributed by atoms with E-state index in [-0.39, 0.29) is 17.3 Å². The molecule has 2 aromatic rings. The van der Waals surface area contributed by atoms with Crippen LogP contribution in [0.5, 0.6) is 0 Å². The molecule has 0 aromatic heterocycles. The van der Waals surface area contributed by atoms with Crippen molar-refractivity contribution in [2.75, 3.05) is 13.7 Å². The normalized spacial score (nSPS) is 11.1. The number of carbonyl (C=O) groups excluding carboxylic acids is 1. The molecule has 0 unspecified atom stereocenters. The zero-order valence-corrected chi connectivity index (χ0v) is 15.4. The van der Waals surface area contributed by atoms with E-state index < -0.39 is 10.0 Å². The van der Waals surface area contributed by atoms with Crippen LogP contribution in [0, 0.1) is 0 Å². The molecule has 0 bridgehead atoms. The molecule has 0 radical (unpaired) electrons. The van der Waals surface area contributed by atoms with E-state index in [2.05, 4.69) is 16.6 Å². The third-order valence-electron chi connectivity index (χ3n) is 3.70. The maximum Gasteiger partial charge on any atom is 0.251 e. The van der Waals surface area contributed by atoms with Crippen LogP contribution in [0.15, 0.2) is 66.1 Å². The van der Waals surface area contributed by atoms with Crippen molar-refractivity contribution in [1.82, 2.24) is 10.0 Å². The number of rotatable bonds is 9. The molecule has 0 spiro atoms. The topological polar surface area (TPSA) is 84.5 Å². The van der Waals surface area contributed by atoms with Crippen molar-refractivity contribution in [2.45, 2.75) is 18.0 Å². The van der Waals surface area contributed by atoms with Crippen molar-refractivity contribution in [3.05, 3.63) is 77.9 Å². The van der Waals surface area contributed by atoms with E-state index in [9.17, 15) is 13.2 Å². The molecule has 2 N–H and O–H groups in total. The predicted octanol–water partition coefficient (Wildman–Crippen LogP) is 2.23. The Labute approximate surface area is 153 Å². The molecule has 6 nitrogen and oxygen atoms in total. The lowest BCUT2D eigenvalue weighted by Gasteiger charge is -2.10. The second-order valence-electron chi connectivity index (χ2n) is 5.55. The number of amides is 1. The summed E-state index contributed by atoms with van der Waals surface area (Å²) < 4.78 is 31.6. The van der Waals surface area contributed by atoms with Gasteiger partial charge in [-0.2, -0.15) is 0 Å². The third-order valence-corrected chi connectivity index (χ3v) is 5.14. The minimum absolute atomic E-state index is 0.0985. The molecule has 7 heteroatoms. The number of hydrogen-bond acceptors (Lipinski definition) is 4. The van der Waals surface area contributed by atoms with Crippen molar-refractivity contribution < 1.29 is 17.9 Å². The number of methoxy groups -OCH3 is 1. The van der Waals surface area contributed by atoms with Crippen LogP contribution in [0.4, 0.5) is 0 Å². The van der Waals surface area contributed by atoms with E-state index in [1.807, 2.05) is 24.3 Å². The van der Waals surface area contributed by atoms with E-state index in [1.165, 1.54) is 30.3 Å². The fraction of sp³-hybridized carbons (Fsp3) is 0.211. The van der Waals surface area contributed by atoms with Crippen molar-refractivity contribution >= 4 is 15.9 Å².